The molecule has 1 N–H and O–H groups in total. The Morgan fingerprint density at radius 2 is 1.66 bits per heavy atom. The number of pyridine rings is 1. The molecule has 198 valence electrons. The largest absolute Gasteiger partial charge is 0.459 e. The predicted molar refractivity (Wildman–Crippen MR) is 153 cm³/mol. The van der Waals surface area contributed by atoms with Crippen LogP contribution in [0.3, 0.4) is 0 Å². The van der Waals surface area contributed by atoms with Gasteiger partial charge in [0.2, 0.25) is 0 Å². The highest BCUT2D eigenvalue weighted by atomic mass is 16.5. The van der Waals surface area contributed by atoms with Crippen molar-refractivity contribution in [1.82, 2.24) is 4.98 Å². The first-order valence-corrected chi connectivity index (χ1v) is 13.8. The molecule has 1 saturated carbocycles. The van der Waals surface area contributed by atoms with E-state index in [0.29, 0.717) is 0 Å². The van der Waals surface area contributed by atoms with Crippen LogP contribution in [0.1, 0.15) is 92.8 Å². The third-order valence-corrected chi connectivity index (χ3v) is 8.18. The molecule has 0 spiro atoms. The van der Waals surface area contributed by atoms with Gasteiger partial charge in [0.15, 0.2) is 0 Å². The lowest BCUT2D eigenvalue weighted by molar-refractivity contribution is -0.142. The highest BCUT2D eigenvalue weighted by Gasteiger charge is 2.32. The third-order valence-electron chi connectivity index (χ3n) is 8.18. The number of hydrogen-bond donors (Lipinski definition) is 1. The molecule has 0 radical (unpaired) electrons. The molecule has 4 heteroatoms. The Hall–Kier alpha value is -3.42. The van der Waals surface area contributed by atoms with Gasteiger partial charge in [0.25, 0.3) is 0 Å². The lowest BCUT2D eigenvalue weighted by Gasteiger charge is -2.34. The molecule has 0 atom stereocenters. The van der Waals surface area contributed by atoms with E-state index in [1.807, 2.05) is 18.3 Å². The molecule has 1 heterocycles. The van der Waals surface area contributed by atoms with Gasteiger partial charge in [0.1, 0.15) is 12.2 Å². The van der Waals surface area contributed by atoms with Gasteiger partial charge in [-0.1, -0.05) is 62.1 Å². The normalized spacial score (nSPS) is 14.6. The molecular formula is C34H39NO3. The number of aryl methyl sites for hydroxylation is 2. The van der Waals surface area contributed by atoms with E-state index in [4.69, 9.17) is 4.74 Å². The van der Waals surface area contributed by atoms with Crippen molar-refractivity contribution in [3.05, 3.63) is 88.2 Å². The molecular weight excluding hydrogens is 470 g/mol. The van der Waals surface area contributed by atoms with Gasteiger partial charge in [0.05, 0.1) is 5.69 Å². The lowest BCUT2D eigenvalue weighted by Crippen LogP contribution is -2.26. The van der Waals surface area contributed by atoms with Crippen molar-refractivity contribution in [3.8, 4) is 23.0 Å². The van der Waals surface area contributed by atoms with E-state index in [1.165, 1.54) is 23.6 Å². The number of aliphatic hydroxyl groups is 1. The average Bonchev–Trinajstić information content (AvgIpc) is 3.35. The first-order valence-electron chi connectivity index (χ1n) is 13.8. The zero-order valence-electron chi connectivity index (χ0n) is 23.4. The highest BCUT2D eigenvalue weighted by Crippen LogP contribution is 2.41. The van der Waals surface area contributed by atoms with E-state index in [-0.39, 0.29) is 18.0 Å². The van der Waals surface area contributed by atoms with Crippen molar-refractivity contribution < 1.29 is 14.6 Å². The lowest BCUT2D eigenvalue weighted by atomic mass is 9.69. The molecule has 1 fully saturated rings. The molecule has 4 nitrogen and oxygen atoms in total. The Bertz CT molecular complexity index is 1350. The van der Waals surface area contributed by atoms with E-state index in [9.17, 15) is 9.90 Å². The SMILES string of the molecule is CCC(CC)(c1ccc(C#CC2(O)CCCC2)c(C)c1)c1ccc(-c2ccc(COC(C)=O)nc2)c(C)c1. The van der Waals surface area contributed by atoms with Crippen LogP contribution in [-0.4, -0.2) is 21.7 Å². The number of hydrogen-bond acceptors (Lipinski definition) is 4. The molecule has 1 aliphatic carbocycles. The maximum Gasteiger partial charge on any atom is 0.303 e. The van der Waals surface area contributed by atoms with Crippen LogP contribution < -0.4 is 0 Å². The Kier molecular flexibility index (Phi) is 8.38. The van der Waals surface area contributed by atoms with E-state index in [0.717, 1.165) is 66.5 Å². The number of carbonyl (C=O) groups excluding carboxylic acids is 1. The van der Waals surface area contributed by atoms with Crippen LogP contribution in [0, 0.1) is 25.7 Å². The van der Waals surface area contributed by atoms with Gasteiger partial charge < -0.3 is 9.84 Å². The topological polar surface area (TPSA) is 59.4 Å². The van der Waals surface area contributed by atoms with Crippen molar-refractivity contribution in [3.63, 3.8) is 0 Å². The van der Waals surface area contributed by atoms with Gasteiger partial charge in [-0.25, -0.2) is 0 Å². The molecule has 3 aromatic rings. The number of rotatable bonds is 7. The quantitative estimate of drug-likeness (QED) is 0.270. The van der Waals surface area contributed by atoms with Crippen molar-refractivity contribution in [2.75, 3.05) is 0 Å². The maximum atomic E-state index is 11.1. The molecule has 38 heavy (non-hydrogen) atoms. The minimum absolute atomic E-state index is 0.101. The Morgan fingerprint density at radius 3 is 2.21 bits per heavy atom. The number of benzene rings is 2. The van der Waals surface area contributed by atoms with Crippen LogP contribution in [-0.2, 0) is 21.6 Å². The van der Waals surface area contributed by atoms with Crippen molar-refractivity contribution in [2.45, 2.75) is 90.8 Å². The summed E-state index contributed by atoms with van der Waals surface area (Å²) in [5, 5.41) is 10.6. The van der Waals surface area contributed by atoms with Crippen molar-refractivity contribution in [2.24, 2.45) is 0 Å². The van der Waals surface area contributed by atoms with Crippen LogP contribution in [0.15, 0.2) is 54.7 Å². The Morgan fingerprint density at radius 1 is 1.00 bits per heavy atom. The Balaban J connectivity index is 1.62. The fraction of sp³-hybridized carbons (Fsp3) is 0.412. The fourth-order valence-corrected chi connectivity index (χ4v) is 5.73. The van der Waals surface area contributed by atoms with Gasteiger partial charge in [-0.3, -0.25) is 9.78 Å². The predicted octanol–water partition coefficient (Wildman–Crippen LogP) is 7.19. The number of aromatic nitrogens is 1. The van der Waals surface area contributed by atoms with Gasteiger partial charge in [0, 0.05) is 29.7 Å². The van der Waals surface area contributed by atoms with Crippen molar-refractivity contribution >= 4 is 5.97 Å². The minimum atomic E-state index is -0.820. The minimum Gasteiger partial charge on any atom is -0.459 e. The van der Waals surface area contributed by atoms with Gasteiger partial charge >= 0.3 is 5.97 Å². The molecule has 0 saturated heterocycles. The molecule has 4 rings (SSSR count). The molecule has 0 unspecified atom stereocenters. The summed E-state index contributed by atoms with van der Waals surface area (Å²) in [7, 11) is 0. The summed E-state index contributed by atoms with van der Waals surface area (Å²) in [6.07, 6.45) is 7.46. The zero-order valence-corrected chi connectivity index (χ0v) is 23.4. The Labute approximate surface area is 227 Å². The second kappa shape index (κ2) is 11.5. The summed E-state index contributed by atoms with van der Waals surface area (Å²) >= 11 is 0. The van der Waals surface area contributed by atoms with Crippen LogP contribution >= 0.6 is 0 Å². The molecule has 0 bridgehead atoms. The number of carbonyl (C=O) groups is 1. The number of esters is 1. The summed E-state index contributed by atoms with van der Waals surface area (Å²) in [5.74, 6) is 6.12. The van der Waals surface area contributed by atoms with Crippen LogP contribution in [0.4, 0.5) is 0 Å². The third kappa shape index (κ3) is 5.84. The van der Waals surface area contributed by atoms with Gasteiger partial charge in [-0.2, -0.15) is 0 Å². The zero-order chi connectivity index (χ0) is 27.3. The van der Waals surface area contributed by atoms with E-state index < -0.39 is 5.60 Å². The molecule has 0 amide bonds. The monoisotopic (exact) mass is 509 g/mol. The fourth-order valence-electron chi connectivity index (χ4n) is 5.73. The summed E-state index contributed by atoms with van der Waals surface area (Å²) in [6.45, 7) is 10.4. The summed E-state index contributed by atoms with van der Waals surface area (Å²) < 4.78 is 5.05. The molecule has 1 aromatic heterocycles. The first kappa shape index (κ1) is 27.6. The smallest absolute Gasteiger partial charge is 0.303 e. The van der Waals surface area contributed by atoms with Gasteiger partial charge in [-0.15, -0.1) is 0 Å². The number of nitrogens with zero attached hydrogens (tertiary/aromatic N) is 1. The number of ether oxygens (including phenoxy) is 1. The summed E-state index contributed by atoms with van der Waals surface area (Å²) in [4.78, 5) is 15.6. The molecule has 1 aliphatic rings. The van der Waals surface area contributed by atoms with Gasteiger partial charge in [-0.05, 0) is 92.3 Å². The standard InChI is InChI=1S/C34H39NO3/c1-6-34(7-2,29-12-10-27(24(3)20-29)16-19-33(37)17-8-9-18-33)30-13-15-32(25(4)21-30)28-11-14-31(35-22-28)23-38-26(5)36/h10-15,20-22,37H,6-9,17-18,23H2,1-5H3. The molecule has 0 aliphatic heterocycles. The second-order valence-electron chi connectivity index (χ2n) is 10.7. The van der Waals surface area contributed by atoms with Crippen molar-refractivity contribution in [1.29, 1.82) is 0 Å². The first-order chi connectivity index (χ1) is 18.2. The highest BCUT2D eigenvalue weighted by molar-refractivity contribution is 5.68. The van der Waals surface area contributed by atoms with E-state index >= 15 is 0 Å². The second-order valence-corrected chi connectivity index (χ2v) is 10.7. The average molecular weight is 510 g/mol. The maximum absolute atomic E-state index is 11.1. The van der Waals surface area contributed by atoms with Crippen LogP contribution in [0.2, 0.25) is 0 Å². The van der Waals surface area contributed by atoms with Crippen LogP contribution in [0.5, 0.6) is 0 Å². The van der Waals surface area contributed by atoms with E-state index in [2.05, 4.69) is 80.9 Å². The summed E-state index contributed by atoms with van der Waals surface area (Å²) in [6, 6.07) is 17.3. The van der Waals surface area contributed by atoms with E-state index in [1.54, 1.807) is 0 Å². The van der Waals surface area contributed by atoms with Crippen LogP contribution in [0.25, 0.3) is 11.1 Å². The molecule has 2 aromatic carbocycles. The summed E-state index contributed by atoms with van der Waals surface area (Å²) in [5.41, 5.74) is 7.95.